The maximum absolute atomic E-state index is 12.5. The SMILES string of the molecule is COc1ccc(/C=N\NC(=O)c2c(C)nc3cc(C)ccn23)cc1[N+](=O)[O-]. The number of nitrogens with zero attached hydrogens (tertiary/aromatic N) is 4. The fourth-order valence-corrected chi connectivity index (χ4v) is 2.69. The summed E-state index contributed by atoms with van der Waals surface area (Å²) in [4.78, 5) is 27.4. The molecule has 0 saturated heterocycles. The number of pyridine rings is 1. The molecule has 0 atom stereocenters. The lowest BCUT2D eigenvalue weighted by Gasteiger charge is -2.03. The van der Waals surface area contributed by atoms with Crippen molar-refractivity contribution in [3.63, 3.8) is 0 Å². The van der Waals surface area contributed by atoms with Gasteiger partial charge in [0.1, 0.15) is 11.3 Å². The van der Waals surface area contributed by atoms with Gasteiger partial charge >= 0.3 is 5.69 Å². The normalized spacial score (nSPS) is 11.1. The molecule has 9 heteroatoms. The molecule has 2 aromatic heterocycles. The van der Waals surface area contributed by atoms with Crippen molar-refractivity contribution in [2.45, 2.75) is 13.8 Å². The van der Waals surface area contributed by atoms with E-state index in [9.17, 15) is 14.9 Å². The van der Waals surface area contributed by atoms with E-state index >= 15 is 0 Å². The summed E-state index contributed by atoms with van der Waals surface area (Å²) >= 11 is 0. The van der Waals surface area contributed by atoms with Crippen LogP contribution in [0.2, 0.25) is 0 Å². The van der Waals surface area contributed by atoms with Gasteiger partial charge in [0.2, 0.25) is 0 Å². The quantitative estimate of drug-likeness (QED) is 0.423. The van der Waals surface area contributed by atoms with Crippen LogP contribution in [0.15, 0.2) is 41.6 Å². The maximum atomic E-state index is 12.5. The average Bonchev–Trinajstić information content (AvgIpc) is 2.96. The van der Waals surface area contributed by atoms with Gasteiger partial charge in [-0.2, -0.15) is 5.10 Å². The van der Waals surface area contributed by atoms with Crippen molar-refractivity contribution < 1.29 is 14.5 Å². The molecular formula is C18H17N5O4. The van der Waals surface area contributed by atoms with E-state index in [-0.39, 0.29) is 11.4 Å². The first-order chi connectivity index (χ1) is 12.9. The third-order valence-corrected chi connectivity index (χ3v) is 3.95. The zero-order chi connectivity index (χ0) is 19.6. The molecule has 0 unspecified atom stereocenters. The van der Waals surface area contributed by atoms with Crippen molar-refractivity contribution in [1.29, 1.82) is 0 Å². The van der Waals surface area contributed by atoms with Gasteiger partial charge in [-0.05, 0) is 43.7 Å². The van der Waals surface area contributed by atoms with Gasteiger partial charge in [0.15, 0.2) is 5.75 Å². The zero-order valence-electron chi connectivity index (χ0n) is 15.0. The molecule has 2 heterocycles. The summed E-state index contributed by atoms with van der Waals surface area (Å²) in [6, 6.07) is 8.15. The van der Waals surface area contributed by atoms with Crippen LogP contribution in [0.5, 0.6) is 5.75 Å². The van der Waals surface area contributed by atoms with Gasteiger partial charge < -0.3 is 4.74 Å². The lowest BCUT2D eigenvalue weighted by molar-refractivity contribution is -0.385. The first kappa shape index (κ1) is 18.1. The number of hydrazone groups is 1. The first-order valence-corrected chi connectivity index (χ1v) is 8.02. The molecule has 3 aromatic rings. The third-order valence-electron chi connectivity index (χ3n) is 3.95. The highest BCUT2D eigenvalue weighted by Gasteiger charge is 2.17. The summed E-state index contributed by atoms with van der Waals surface area (Å²) in [5.74, 6) is -0.277. The van der Waals surface area contributed by atoms with Crippen LogP contribution < -0.4 is 10.2 Å². The van der Waals surface area contributed by atoms with Gasteiger partial charge in [0.25, 0.3) is 5.91 Å². The first-order valence-electron chi connectivity index (χ1n) is 8.02. The summed E-state index contributed by atoms with van der Waals surface area (Å²) in [7, 11) is 1.36. The minimum Gasteiger partial charge on any atom is -0.490 e. The van der Waals surface area contributed by atoms with Gasteiger partial charge in [-0.3, -0.25) is 19.3 Å². The van der Waals surface area contributed by atoms with E-state index in [1.54, 1.807) is 23.6 Å². The molecule has 0 aliphatic rings. The summed E-state index contributed by atoms with van der Waals surface area (Å²) in [6.45, 7) is 3.69. The smallest absolute Gasteiger partial charge is 0.311 e. The Morgan fingerprint density at radius 3 is 2.81 bits per heavy atom. The molecule has 1 amide bonds. The second-order valence-corrected chi connectivity index (χ2v) is 5.87. The lowest BCUT2D eigenvalue weighted by atomic mass is 10.2. The van der Waals surface area contributed by atoms with Crippen LogP contribution in [0.4, 0.5) is 5.69 Å². The highest BCUT2D eigenvalue weighted by molar-refractivity contribution is 5.95. The third kappa shape index (κ3) is 3.61. The Labute approximate surface area is 154 Å². The molecule has 27 heavy (non-hydrogen) atoms. The van der Waals surface area contributed by atoms with Gasteiger partial charge in [0.05, 0.1) is 23.9 Å². The summed E-state index contributed by atoms with van der Waals surface area (Å²) in [6.07, 6.45) is 3.10. The monoisotopic (exact) mass is 367 g/mol. The number of fused-ring (bicyclic) bond motifs is 1. The number of benzene rings is 1. The number of nitro groups is 1. The Balaban J connectivity index is 1.81. The van der Waals surface area contributed by atoms with Gasteiger partial charge in [0, 0.05) is 17.8 Å². The number of rotatable bonds is 5. The predicted octanol–water partition coefficient (Wildman–Crippen LogP) is 2.63. The largest absolute Gasteiger partial charge is 0.490 e. The molecule has 1 N–H and O–H groups in total. The molecule has 0 aliphatic carbocycles. The van der Waals surface area contributed by atoms with Crippen molar-refractivity contribution in [3.05, 3.63) is 69.2 Å². The van der Waals surface area contributed by atoms with Crippen LogP contribution in [0.1, 0.15) is 27.3 Å². The topological polar surface area (TPSA) is 111 Å². The fraction of sp³-hybridized carbons (Fsp3) is 0.167. The van der Waals surface area contributed by atoms with Crippen LogP contribution in [-0.2, 0) is 0 Å². The van der Waals surface area contributed by atoms with E-state index in [0.29, 0.717) is 22.6 Å². The summed E-state index contributed by atoms with van der Waals surface area (Å²) in [5.41, 5.74) is 5.37. The number of hydrogen-bond donors (Lipinski definition) is 1. The Morgan fingerprint density at radius 2 is 2.11 bits per heavy atom. The van der Waals surface area contributed by atoms with Crippen molar-refractivity contribution >= 4 is 23.5 Å². The number of methoxy groups -OCH3 is 1. The molecule has 9 nitrogen and oxygen atoms in total. The molecular weight excluding hydrogens is 350 g/mol. The molecule has 0 aliphatic heterocycles. The van der Waals surface area contributed by atoms with Crippen LogP contribution in [0.25, 0.3) is 5.65 Å². The molecule has 0 saturated carbocycles. The van der Waals surface area contributed by atoms with Crippen molar-refractivity contribution in [2.24, 2.45) is 5.10 Å². The van der Waals surface area contributed by atoms with E-state index in [1.807, 2.05) is 19.1 Å². The van der Waals surface area contributed by atoms with Crippen molar-refractivity contribution in [2.75, 3.05) is 7.11 Å². The number of aromatic nitrogens is 2. The second-order valence-electron chi connectivity index (χ2n) is 5.87. The number of carbonyl (C=O) groups excluding carboxylic acids is 1. The molecule has 0 spiro atoms. The second kappa shape index (κ2) is 7.24. The Morgan fingerprint density at radius 1 is 1.33 bits per heavy atom. The Bertz CT molecular complexity index is 1070. The lowest BCUT2D eigenvalue weighted by Crippen LogP contribution is -2.20. The van der Waals surface area contributed by atoms with Crippen molar-refractivity contribution in [3.8, 4) is 5.75 Å². The van der Waals surface area contributed by atoms with Gasteiger partial charge in [-0.25, -0.2) is 10.4 Å². The number of ether oxygens (including phenoxy) is 1. The van der Waals surface area contributed by atoms with E-state index in [4.69, 9.17) is 4.74 Å². The van der Waals surface area contributed by atoms with Crippen LogP contribution in [0, 0.1) is 24.0 Å². The molecule has 138 valence electrons. The highest BCUT2D eigenvalue weighted by atomic mass is 16.6. The number of nitro benzene ring substituents is 1. The Kier molecular flexibility index (Phi) is 4.84. The van der Waals surface area contributed by atoms with Gasteiger partial charge in [-0.15, -0.1) is 0 Å². The van der Waals surface area contributed by atoms with Gasteiger partial charge in [-0.1, -0.05) is 0 Å². The zero-order valence-corrected chi connectivity index (χ0v) is 15.0. The predicted molar refractivity (Wildman–Crippen MR) is 99.4 cm³/mol. The number of nitrogens with one attached hydrogen (secondary N) is 1. The standard InChI is InChI=1S/C18H17N5O4/c1-11-6-7-22-16(8-11)20-12(2)17(22)18(24)21-19-10-13-4-5-15(27-3)14(9-13)23(25)26/h4-10H,1-3H3,(H,21,24)/b19-10-. The van der Waals surface area contributed by atoms with Crippen LogP contribution >= 0.6 is 0 Å². The highest BCUT2D eigenvalue weighted by Crippen LogP contribution is 2.26. The number of hydrogen-bond acceptors (Lipinski definition) is 6. The molecule has 3 rings (SSSR count). The van der Waals surface area contributed by atoms with Crippen molar-refractivity contribution in [1.82, 2.24) is 14.8 Å². The number of carbonyl (C=O) groups is 1. The maximum Gasteiger partial charge on any atom is 0.311 e. The molecule has 0 radical (unpaired) electrons. The fourth-order valence-electron chi connectivity index (χ4n) is 2.69. The van der Waals surface area contributed by atoms with E-state index in [2.05, 4.69) is 15.5 Å². The van der Waals surface area contributed by atoms with E-state index in [1.165, 1.54) is 25.5 Å². The van der Waals surface area contributed by atoms with E-state index < -0.39 is 10.8 Å². The number of aryl methyl sites for hydroxylation is 2. The van der Waals surface area contributed by atoms with E-state index in [0.717, 1.165) is 5.56 Å². The average molecular weight is 367 g/mol. The van der Waals surface area contributed by atoms with Crippen LogP contribution in [-0.4, -0.2) is 33.5 Å². The minimum absolute atomic E-state index is 0.151. The number of amides is 1. The minimum atomic E-state index is -0.543. The number of imidazole rings is 1. The Hall–Kier alpha value is -3.75. The van der Waals surface area contributed by atoms with Crippen LogP contribution in [0.3, 0.4) is 0 Å². The summed E-state index contributed by atoms with van der Waals surface area (Å²) < 4.78 is 6.64. The molecule has 0 fully saturated rings. The summed E-state index contributed by atoms with van der Waals surface area (Å²) in [5, 5.41) is 14.9. The molecule has 1 aromatic carbocycles. The molecule has 0 bridgehead atoms.